The van der Waals surface area contributed by atoms with Crippen LogP contribution in [0.15, 0.2) is 36.4 Å². The average molecular weight is 369 g/mol. The van der Waals surface area contributed by atoms with Gasteiger partial charge in [-0.25, -0.2) is 0 Å². The van der Waals surface area contributed by atoms with Crippen molar-refractivity contribution >= 4 is 36.3 Å². The monoisotopic (exact) mass is 368 g/mol. The maximum Gasteiger partial charge on any atom is 0.544 e. The molecule has 1 saturated carbocycles. The zero-order valence-corrected chi connectivity index (χ0v) is 17.7. The predicted octanol–water partition coefficient (Wildman–Crippen LogP) is 6.17. The highest BCUT2D eigenvalue weighted by Gasteiger charge is 2.38. The molecular formula is C20H33BCl2N+. The smallest absolute Gasteiger partial charge is 0.283 e. The predicted molar refractivity (Wildman–Crippen MR) is 111 cm³/mol. The van der Waals surface area contributed by atoms with Crippen LogP contribution >= 0.6 is 23.2 Å². The quantitative estimate of drug-likeness (QED) is 0.355. The lowest BCUT2D eigenvalue weighted by Gasteiger charge is -2.14. The number of rotatable bonds is 0. The summed E-state index contributed by atoms with van der Waals surface area (Å²) in [5.41, 5.74) is 0. The van der Waals surface area contributed by atoms with Crippen molar-refractivity contribution in [3.05, 3.63) is 36.4 Å². The first-order valence-corrected chi connectivity index (χ1v) is 9.80. The second-order valence-corrected chi connectivity index (χ2v) is 9.90. The lowest BCUT2D eigenvalue weighted by atomic mass is 9.62. The summed E-state index contributed by atoms with van der Waals surface area (Å²) in [7, 11) is 0. The lowest BCUT2D eigenvalue weighted by Crippen LogP contribution is -2.21. The fraction of sp³-hybridized carbons (Fsp3) is 0.650. The zero-order valence-electron chi connectivity index (χ0n) is 16.2. The molecule has 0 atom stereocenters. The van der Waals surface area contributed by atoms with E-state index in [9.17, 15) is 0 Å². The number of halogens is 2. The number of nitrogens with zero attached hydrogens (tertiary/aromatic N) is 1. The van der Waals surface area contributed by atoms with Crippen LogP contribution in [-0.2, 0) is 0 Å². The lowest BCUT2D eigenvalue weighted by molar-refractivity contribution is -0.292. The van der Waals surface area contributed by atoms with E-state index in [1.54, 1.807) is 13.8 Å². The summed E-state index contributed by atoms with van der Waals surface area (Å²) in [5, 5.41) is 0. The molecule has 0 bridgehead atoms. The third-order valence-electron chi connectivity index (χ3n) is 5.74. The van der Waals surface area contributed by atoms with Gasteiger partial charge in [0.05, 0.1) is 0 Å². The summed E-state index contributed by atoms with van der Waals surface area (Å²) in [6, 6.07) is 0. The summed E-state index contributed by atoms with van der Waals surface area (Å²) in [6.07, 6.45) is 10.3. The number of hydrogen-bond acceptors (Lipinski definition) is 0. The maximum absolute atomic E-state index is 5.30. The van der Waals surface area contributed by atoms with Gasteiger partial charge in [0.15, 0.2) is 0 Å². The van der Waals surface area contributed by atoms with Gasteiger partial charge in [0.2, 0.25) is 0 Å². The van der Waals surface area contributed by atoms with Crippen molar-refractivity contribution in [2.45, 2.75) is 52.8 Å². The van der Waals surface area contributed by atoms with Gasteiger partial charge in [-0.3, -0.25) is 4.49 Å². The van der Waals surface area contributed by atoms with Gasteiger partial charge in [-0.05, 0) is 67.5 Å². The fourth-order valence-corrected chi connectivity index (χ4v) is 3.50. The van der Waals surface area contributed by atoms with Gasteiger partial charge in [-0.2, -0.15) is 0 Å². The molecule has 0 aromatic rings. The first-order valence-electron chi connectivity index (χ1n) is 9.04. The Morgan fingerprint density at radius 2 is 1.12 bits per heavy atom. The average Bonchev–Trinajstić information content (AvgIpc) is 3.03. The summed E-state index contributed by atoms with van der Waals surface area (Å²) in [4.78, 5) is 0. The number of alkyl halides is 2. The van der Waals surface area contributed by atoms with Crippen molar-refractivity contribution in [3.8, 4) is 0 Å². The third-order valence-corrected chi connectivity index (χ3v) is 5.74. The van der Waals surface area contributed by atoms with Crippen molar-refractivity contribution in [3.63, 3.8) is 0 Å². The largest absolute Gasteiger partial charge is 0.544 e. The Balaban J connectivity index is 0.000000191. The second-order valence-electron chi connectivity index (χ2n) is 7.82. The van der Waals surface area contributed by atoms with Crippen molar-refractivity contribution < 1.29 is 4.49 Å². The highest BCUT2D eigenvalue weighted by Crippen LogP contribution is 2.44. The van der Waals surface area contributed by atoms with Crippen LogP contribution in [0.1, 0.15) is 48.5 Å². The van der Waals surface area contributed by atoms with E-state index in [4.69, 9.17) is 23.2 Å². The van der Waals surface area contributed by atoms with E-state index in [0.29, 0.717) is 6.85 Å². The molecule has 0 aromatic carbocycles. The molecule has 3 aliphatic rings. The molecule has 1 nitrogen and oxygen atoms in total. The molecule has 1 aliphatic carbocycles. The first-order chi connectivity index (χ1) is 11.0. The number of allylic oxidation sites excluding steroid dienone is 3. The minimum absolute atomic E-state index is 0.495. The Morgan fingerprint density at radius 1 is 0.750 bits per heavy atom. The topological polar surface area (TPSA) is 3.01 Å². The summed E-state index contributed by atoms with van der Waals surface area (Å²) in [5.74, 6) is 9.01. The molecule has 0 N–H and O–H groups in total. The third kappa shape index (κ3) is 6.80. The normalized spacial score (nSPS) is 33.3. The van der Waals surface area contributed by atoms with Gasteiger partial charge in [-0.1, -0.05) is 40.7 Å². The van der Waals surface area contributed by atoms with E-state index in [1.165, 1.54) is 0 Å². The standard InChI is InChI=1S/C10H20.C7H7BN.C3H6Cl2/c1-6-7(2)9(4)10(5)8(6)3;1-2-6-9-7-3-5-8(9)4-1;1-3(2,4)5/h6-10H,1-5H3;1-7H;1-2H3/q;+1;. The Kier molecular flexibility index (Phi) is 8.35. The minimum atomic E-state index is -0.556. The van der Waals surface area contributed by atoms with Gasteiger partial charge in [0.25, 0.3) is 0 Å². The molecule has 0 saturated heterocycles. The molecule has 24 heavy (non-hydrogen) atoms. The molecular weight excluding hydrogens is 336 g/mol. The number of fused-ring (bicyclic) bond motifs is 1. The number of hydrogen-bond donors (Lipinski definition) is 0. The Morgan fingerprint density at radius 3 is 1.50 bits per heavy atom. The van der Waals surface area contributed by atoms with Gasteiger partial charge >= 0.3 is 6.85 Å². The van der Waals surface area contributed by atoms with Gasteiger partial charge in [0.1, 0.15) is 16.7 Å². The maximum atomic E-state index is 5.30. The Hall–Kier alpha value is -0.465. The molecule has 1 fully saturated rings. The van der Waals surface area contributed by atoms with Crippen molar-refractivity contribution in [1.82, 2.24) is 0 Å². The second kappa shape index (κ2) is 9.29. The van der Waals surface area contributed by atoms with E-state index >= 15 is 0 Å². The van der Waals surface area contributed by atoms with E-state index < -0.39 is 4.33 Å². The van der Waals surface area contributed by atoms with E-state index in [0.717, 1.165) is 29.6 Å². The van der Waals surface area contributed by atoms with Crippen molar-refractivity contribution in [2.75, 3.05) is 0 Å². The van der Waals surface area contributed by atoms with Gasteiger partial charge < -0.3 is 0 Å². The van der Waals surface area contributed by atoms with Crippen LogP contribution < -0.4 is 0 Å². The molecule has 134 valence electrons. The molecule has 2 heterocycles. The molecule has 0 aromatic heterocycles. The highest BCUT2D eigenvalue weighted by molar-refractivity contribution is 6.63. The van der Waals surface area contributed by atoms with Crippen LogP contribution in [0.2, 0.25) is 0 Å². The summed E-state index contributed by atoms with van der Waals surface area (Å²) >= 11 is 10.6. The van der Waals surface area contributed by atoms with Crippen LogP contribution in [0.4, 0.5) is 0 Å². The molecule has 0 amide bonds. The van der Waals surface area contributed by atoms with Crippen molar-refractivity contribution in [1.29, 1.82) is 0 Å². The Labute approximate surface area is 159 Å². The first kappa shape index (κ1) is 21.6. The van der Waals surface area contributed by atoms with Crippen LogP contribution in [0.3, 0.4) is 0 Å². The molecule has 2 aliphatic heterocycles. The van der Waals surface area contributed by atoms with E-state index in [2.05, 4.69) is 75.6 Å². The molecule has 0 radical (unpaired) electrons. The minimum Gasteiger partial charge on any atom is -0.283 e. The van der Waals surface area contributed by atoms with Gasteiger partial charge in [0, 0.05) is 0 Å². The zero-order chi connectivity index (χ0) is 18.5. The Bertz CT molecular complexity index is 465. The molecule has 4 heteroatoms. The molecule has 0 spiro atoms. The summed E-state index contributed by atoms with van der Waals surface area (Å²) < 4.78 is 1.61. The van der Waals surface area contributed by atoms with Gasteiger partial charge in [-0.15, -0.1) is 23.2 Å². The fourth-order valence-electron chi connectivity index (χ4n) is 3.50. The van der Waals surface area contributed by atoms with Crippen LogP contribution in [0, 0.1) is 29.6 Å². The van der Waals surface area contributed by atoms with Crippen LogP contribution in [0.25, 0.3) is 0 Å². The molecule has 3 rings (SSSR count). The SMILES string of the molecule is C1=CB2C=CC=[N+]2C=C1.CC(C)(Cl)Cl.CC1C(C)C(C)C(C)C1C. The van der Waals surface area contributed by atoms with E-state index in [-0.39, 0.29) is 0 Å². The van der Waals surface area contributed by atoms with Crippen LogP contribution in [0.5, 0.6) is 0 Å². The van der Waals surface area contributed by atoms with Crippen LogP contribution in [-0.4, -0.2) is 21.9 Å². The molecule has 0 unspecified atom stereocenters. The van der Waals surface area contributed by atoms with Crippen molar-refractivity contribution in [2.24, 2.45) is 29.6 Å². The van der Waals surface area contributed by atoms with E-state index in [1.807, 2.05) is 6.08 Å². The highest BCUT2D eigenvalue weighted by atomic mass is 35.5. The summed E-state index contributed by atoms with van der Waals surface area (Å²) in [6.45, 7) is 15.9.